The molecule has 0 saturated heterocycles. The molecule has 108 valence electrons. The van der Waals surface area contributed by atoms with Crippen molar-refractivity contribution in [2.24, 2.45) is 11.8 Å². The molecule has 2 fully saturated rings. The van der Waals surface area contributed by atoms with Gasteiger partial charge in [-0.2, -0.15) is 0 Å². The van der Waals surface area contributed by atoms with Gasteiger partial charge in [0.2, 0.25) is 5.91 Å². The maximum Gasteiger partial charge on any atom is 0.227 e. The van der Waals surface area contributed by atoms with Gasteiger partial charge in [-0.25, -0.2) is 0 Å². The van der Waals surface area contributed by atoms with E-state index in [4.69, 9.17) is 0 Å². The lowest BCUT2D eigenvalue weighted by molar-refractivity contribution is -0.117. The second kappa shape index (κ2) is 5.86. The second-order valence-corrected chi connectivity index (χ2v) is 6.35. The standard InChI is InChI=1S/C17H24N2O/c1-12-4-2-3-5-16(12)18-14-8-10-15(11-9-14)19-17(20)13-6-7-13/h8-13,16,18H,2-7H2,1H3,(H,19,20). The average Bonchev–Trinajstić information content (AvgIpc) is 3.28. The first-order valence-corrected chi connectivity index (χ1v) is 7.90. The summed E-state index contributed by atoms with van der Waals surface area (Å²) in [6, 6.07) is 8.73. The molecule has 0 radical (unpaired) electrons. The van der Waals surface area contributed by atoms with Crippen LogP contribution in [0.4, 0.5) is 11.4 Å². The first kappa shape index (κ1) is 13.5. The van der Waals surface area contributed by atoms with Crippen molar-refractivity contribution in [3.63, 3.8) is 0 Å². The maximum atomic E-state index is 11.7. The average molecular weight is 272 g/mol. The molecule has 0 aromatic heterocycles. The molecule has 2 N–H and O–H groups in total. The highest BCUT2D eigenvalue weighted by Crippen LogP contribution is 2.30. The first-order valence-electron chi connectivity index (χ1n) is 7.90. The number of amides is 1. The van der Waals surface area contributed by atoms with Crippen molar-refractivity contribution >= 4 is 17.3 Å². The van der Waals surface area contributed by atoms with E-state index in [1.54, 1.807) is 0 Å². The molecular weight excluding hydrogens is 248 g/mol. The molecule has 2 aliphatic rings. The molecule has 0 heterocycles. The van der Waals surface area contributed by atoms with E-state index in [1.807, 2.05) is 12.1 Å². The third-order valence-electron chi connectivity index (χ3n) is 4.56. The van der Waals surface area contributed by atoms with Gasteiger partial charge in [0, 0.05) is 23.3 Å². The van der Waals surface area contributed by atoms with Gasteiger partial charge in [-0.3, -0.25) is 4.79 Å². The summed E-state index contributed by atoms with van der Waals surface area (Å²) in [5.74, 6) is 1.18. The lowest BCUT2D eigenvalue weighted by Gasteiger charge is -2.30. The van der Waals surface area contributed by atoms with Gasteiger partial charge in [-0.05, 0) is 55.9 Å². The third kappa shape index (κ3) is 3.33. The molecule has 20 heavy (non-hydrogen) atoms. The zero-order chi connectivity index (χ0) is 13.9. The zero-order valence-corrected chi connectivity index (χ0v) is 12.2. The van der Waals surface area contributed by atoms with Gasteiger partial charge in [-0.15, -0.1) is 0 Å². The van der Waals surface area contributed by atoms with Crippen LogP contribution < -0.4 is 10.6 Å². The van der Waals surface area contributed by atoms with Crippen LogP contribution in [0.1, 0.15) is 45.4 Å². The van der Waals surface area contributed by atoms with Crippen molar-refractivity contribution in [3.05, 3.63) is 24.3 Å². The quantitative estimate of drug-likeness (QED) is 0.869. The van der Waals surface area contributed by atoms with Crippen LogP contribution in [-0.2, 0) is 4.79 Å². The van der Waals surface area contributed by atoms with Crippen LogP contribution in [0.5, 0.6) is 0 Å². The van der Waals surface area contributed by atoms with E-state index in [1.165, 1.54) is 25.7 Å². The second-order valence-electron chi connectivity index (χ2n) is 6.35. The Morgan fingerprint density at radius 1 is 1.00 bits per heavy atom. The molecule has 3 rings (SSSR count). The number of carbonyl (C=O) groups excluding carboxylic acids is 1. The van der Waals surface area contributed by atoms with Crippen LogP contribution in [-0.4, -0.2) is 11.9 Å². The van der Waals surface area contributed by atoms with Gasteiger partial charge in [-0.1, -0.05) is 19.8 Å². The summed E-state index contributed by atoms with van der Waals surface area (Å²) in [5.41, 5.74) is 2.07. The van der Waals surface area contributed by atoms with Gasteiger partial charge >= 0.3 is 0 Å². The van der Waals surface area contributed by atoms with E-state index in [9.17, 15) is 4.79 Å². The lowest BCUT2D eigenvalue weighted by atomic mass is 9.86. The topological polar surface area (TPSA) is 41.1 Å². The van der Waals surface area contributed by atoms with Crippen LogP contribution in [0.2, 0.25) is 0 Å². The van der Waals surface area contributed by atoms with Crippen LogP contribution >= 0.6 is 0 Å². The summed E-state index contributed by atoms with van der Waals surface area (Å²) in [7, 11) is 0. The first-order chi connectivity index (χ1) is 9.72. The molecule has 2 saturated carbocycles. The normalized spacial score (nSPS) is 26.1. The molecule has 1 amide bonds. The molecule has 0 bridgehead atoms. The summed E-state index contributed by atoms with van der Waals surface area (Å²) in [5, 5.41) is 6.61. The summed E-state index contributed by atoms with van der Waals surface area (Å²) in [4.78, 5) is 11.7. The Hall–Kier alpha value is -1.51. The highest BCUT2D eigenvalue weighted by molar-refractivity contribution is 5.94. The zero-order valence-electron chi connectivity index (χ0n) is 12.2. The molecule has 0 spiro atoms. The van der Waals surface area contributed by atoms with Crippen molar-refractivity contribution in [1.82, 2.24) is 0 Å². The summed E-state index contributed by atoms with van der Waals surface area (Å²) >= 11 is 0. The van der Waals surface area contributed by atoms with E-state index in [0.29, 0.717) is 6.04 Å². The minimum atomic E-state index is 0.173. The monoisotopic (exact) mass is 272 g/mol. The summed E-state index contributed by atoms with van der Waals surface area (Å²) in [6.07, 6.45) is 7.38. The highest BCUT2D eigenvalue weighted by Gasteiger charge is 2.29. The molecule has 1 aromatic rings. The van der Waals surface area contributed by atoms with E-state index in [-0.39, 0.29) is 11.8 Å². The van der Waals surface area contributed by atoms with Gasteiger partial charge in [0.15, 0.2) is 0 Å². The lowest BCUT2D eigenvalue weighted by Crippen LogP contribution is -2.30. The molecule has 3 heteroatoms. The fourth-order valence-corrected chi connectivity index (χ4v) is 2.98. The maximum absolute atomic E-state index is 11.7. The number of carbonyl (C=O) groups is 1. The van der Waals surface area contributed by atoms with Gasteiger partial charge in [0.1, 0.15) is 0 Å². The Morgan fingerprint density at radius 2 is 1.65 bits per heavy atom. The number of hydrogen-bond donors (Lipinski definition) is 2. The minimum Gasteiger partial charge on any atom is -0.382 e. The van der Waals surface area contributed by atoms with Crippen LogP contribution in [0.3, 0.4) is 0 Å². The van der Waals surface area contributed by atoms with Crippen LogP contribution in [0.15, 0.2) is 24.3 Å². The van der Waals surface area contributed by atoms with Crippen molar-refractivity contribution in [3.8, 4) is 0 Å². The van der Waals surface area contributed by atoms with Crippen molar-refractivity contribution in [2.75, 3.05) is 10.6 Å². The van der Waals surface area contributed by atoms with Crippen LogP contribution in [0, 0.1) is 11.8 Å². The van der Waals surface area contributed by atoms with Crippen molar-refractivity contribution in [1.29, 1.82) is 0 Å². The van der Waals surface area contributed by atoms with Gasteiger partial charge in [0.25, 0.3) is 0 Å². The van der Waals surface area contributed by atoms with Gasteiger partial charge in [0.05, 0.1) is 0 Å². The predicted molar refractivity (Wildman–Crippen MR) is 82.8 cm³/mol. The summed E-state index contributed by atoms with van der Waals surface area (Å²) < 4.78 is 0. The number of benzene rings is 1. The Morgan fingerprint density at radius 3 is 2.30 bits per heavy atom. The van der Waals surface area contributed by atoms with E-state index >= 15 is 0 Å². The molecule has 1 aromatic carbocycles. The Labute approximate surface area is 121 Å². The third-order valence-corrected chi connectivity index (χ3v) is 4.56. The van der Waals surface area contributed by atoms with E-state index in [0.717, 1.165) is 30.1 Å². The van der Waals surface area contributed by atoms with Crippen LogP contribution in [0.25, 0.3) is 0 Å². The summed E-state index contributed by atoms with van der Waals surface area (Å²) in [6.45, 7) is 2.33. The Bertz CT molecular complexity index is 464. The molecule has 2 unspecified atom stereocenters. The molecule has 2 atom stereocenters. The predicted octanol–water partition coefficient (Wildman–Crippen LogP) is 4.03. The number of hydrogen-bond acceptors (Lipinski definition) is 2. The van der Waals surface area contributed by atoms with Crippen molar-refractivity contribution in [2.45, 2.75) is 51.5 Å². The van der Waals surface area contributed by atoms with E-state index < -0.39 is 0 Å². The molecule has 0 aliphatic heterocycles. The minimum absolute atomic E-state index is 0.173. The smallest absolute Gasteiger partial charge is 0.227 e. The number of anilines is 2. The fraction of sp³-hybridized carbons (Fsp3) is 0.588. The Kier molecular flexibility index (Phi) is 3.95. The fourth-order valence-electron chi connectivity index (χ4n) is 2.98. The molecular formula is C17H24N2O. The molecule has 2 aliphatic carbocycles. The molecule has 3 nitrogen and oxygen atoms in total. The number of nitrogens with one attached hydrogen (secondary N) is 2. The number of rotatable bonds is 4. The van der Waals surface area contributed by atoms with Gasteiger partial charge < -0.3 is 10.6 Å². The largest absolute Gasteiger partial charge is 0.382 e. The van der Waals surface area contributed by atoms with E-state index in [2.05, 4.69) is 29.7 Å². The van der Waals surface area contributed by atoms with Crippen molar-refractivity contribution < 1.29 is 4.79 Å². The SMILES string of the molecule is CC1CCCCC1Nc1ccc(NC(=O)C2CC2)cc1. The highest BCUT2D eigenvalue weighted by atomic mass is 16.2. The Balaban J connectivity index is 1.56.